The number of piperidine rings is 1. The van der Waals surface area contributed by atoms with Crippen LogP contribution >= 0.6 is 0 Å². The van der Waals surface area contributed by atoms with Crippen LogP contribution in [0.2, 0.25) is 0 Å². The Balaban J connectivity index is 1.83. The first-order valence-electron chi connectivity index (χ1n) is 7.48. The van der Waals surface area contributed by atoms with Crippen LogP contribution in [-0.4, -0.2) is 31.1 Å². The quantitative estimate of drug-likeness (QED) is 0.879. The maximum absolute atomic E-state index is 6.24. The van der Waals surface area contributed by atoms with Gasteiger partial charge in [-0.1, -0.05) is 30.3 Å². The van der Waals surface area contributed by atoms with Gasteiger partial charge in [-0.25, -0.2) is 0 Å². The molecule has 3 rings (SSSR count). The van der Waals surface area contributed by atoms with Crippen LogP contribution in [0.4, 0.5) is 5.69 Å². The number of hydrogen-bond donors (Lipinski definition) is 1. The first-order valence-corrected chi connectivity index (χ1v) is 7.48. The molecule has 0 spiro atoms. The van der Waals surface area contributed by atoms with Crippen molar-refractivity contribution in [3.8, 4) is 5.75 Å². The molecule has 0 aromatic heterocycles. The Labute approximate surface area is 126 Å². The highest BCUT2D eigenvalue weighted by atomic mass is 16.5. The molecule has 2 aromatic carbocycles. The molecule has 0 saturated carbocycles. The van der Waals surface area contributed by atoms with E-state index in [4.69, 9.17) is 10.5 Å². The minimum Gasteiger partial charge on any atom is -0.490 e. The first kappa shape index (κ1) is 14.0. The Hall–Kier alpha value is -2.00. The number of anilines is 1. The molecule has 0 aliphatic carbocycles. The van der Waals surface area contributed by atoms with Gasteiger partial charge in [0.15, 0.2) is 0 Å². The number of rotatable bonds is 3. The number of nitrogens with two attached hydrogens (primary N) is 1. The zero-order chi connectivity index (χ0) is 14.7. The van der Waals surface area contributed by atoms with Gasteiger partial charge in [-0.2, -0.15) is 0 Å². The molecule has 2 aromatic rings. The number of nitrogen functional groups attached to an aromatic ring is 1. The Morgan fingerprint density at radius 1 is 1.10 bits per heavy atom. The van der Waals surface area contributed by atoms with Crippen molar-refractivity contribution < 1.29 is 4.74 Å². The van der Waals surface area contributed by atoms with Gasteiger partial charge in [0.05, 0.1) is 0 Å². The maximum Gasteiger partial charge on any atom is 0.119 e. The number of para-hydroxylation sites is 1. The molecule has 0 bridgehead atoms. The number of ether oxygens (including phenoxy) is 1. The fraction of sp³-hybridized carbons (Fsp3) is 0.333. The Morgan fingerprint density at radius 3 is 2.67 bits per heavy atom. The van der Waals surface area contributed by atoms with Crippen molar-refractivity contribution in [2.24, 2.45) is 0 Å². The third kappa shape index (κ3) is 3.37. The SMILES string of the molecule is CN1CCC(Oc2ccccc2)C(c2cccc(N)c2)C1. The summed E-state index contributed by atoms with van der Waals surface area (Å²) in [5.74, 6) is 1.30. The number of hydrogen-bond acceptors (Lipinski definition) is 3. The van der Waals surface area contributed by atoms with Crippen molar-refractivity contribution >= 4 is 5.69 Å². The van der Waals surface area contributed by atoms with E-state index < -0.39 is 0 Å². The number of likely N-dealkylation sites (N-methyl/N-ethyl adjacent to an activating group) is 1. The van der Waals surface area contributed by atoms with E-state index in [9.17, 15) is 0 Å². The van der Waals surface area contributed by atoms with Gasteiger partial charge in [0.25, 0.3) is 0 Å². The molecule has 1 fully saturated rings. The average molecular weight is 282 g/mol. The van der Waals surface area contributed by atoms with Gasteiger partial charge in [0.2, 0.25) is 0 Å². The second-order valence-electron chi connectivity index (χ2n) is 5.80. The normalized spacial score (nSPS) is 22.9. The molecule has 1 heterocycles. The molecule has 2 unspecified atom stereocenters. The lowest BCUT2D eigenvalue weighted by atomic mass is 9.87. The van der Waals surface area contributed by atoms with Gasteiger partial charge in [0.1, 0.15) is 11.9 Å². The summed E-state index contributed by atoms with van der Waals surface area (Å²) in [7, 11) is 2.16. The lowest BCUT2D eigenvalue weighted by molar-refractivity contribution is 0.0902. The van der Waals surface area contributed by atoms with Crippen LogP contribution < -0.4 is 10.5 Å². The van der Waals surface area contributed by atoms with E-state index in [-0.39, 0.29) is 6.10 Å². The molecule has 2 atom stereocenters. The lowest BCUT2D eigenvalue weighted by Gasteiger charge is -2.37. The molecule has 1 saturated heterocycles. The summed E-state index contributed by atoms with van der Waals surface area (Å²) in [6.45, 7) is 2.07. The van der Waals surface area contributed by atoms with E-state index >= 15 is 0 Å². The highest BCUT2D eigenvalue weighted by molar-refractivity contribution is 5.42. The van der Waals surface area contributed by atoms with Crippen LogP contribution in [0.25, 0.3) is 0 Å². The smallest absolute Gasteiger partial charge is 0.119 e. The second-order valence-corrected chi connectivity index (χ2v) is 5.80. The van der Waals surface area contributed by atoms with Crippen LogP contribution in [0.3, 0.4) is 0 Å². The minimum atomic E-state index is 0.199. The molecule has 3 nitrogen and oxygen atoms in total. The molecule has 110 valence electrons. The fourth-order valence-corrected chi connectivity index (χ4v) is 3.02. The molecule has 0 amide bonds. The number of likely N-dealkylation sites (tertiary alicyclic amines) is 1. The summed E-state index contributed by atoms with van der Waals surface area (Å²) in [6.07, 6.45) is 1.23. The summed E-state index contributed by atoms with van der Waals surface area (Å²) in [6, 6.07) is 18.3. The summed E-state index contributed by atoms with van der Waals surface area (Å²) < 4.78 is 6.24. The predicted molar refractivity (Wildman–Crippen MR) is 86.6 cm³/mol. The summed E-state index contributed by atoms with van der Waals surface area (Å²) in [4.78, 5) is 2.36. The molecular weight excluding hydrogens is 260 g/mol. The third-order valence-electron chi connectivity index (χ3n) is 4.12. The fourth-order valence-electron chi connectivity index (χ4n) is 3.02. The van der Waals surface area contributed by atoms with Gasteiger partial charge in [-0.3, -0.25) is 0 Å². The Morgan fingerprint density at radius 2 is 1.90 bits per heavy atom. The third-order valence-corrected chi connectivity index (χ3v) is 4.12. The van der Waals surface area contributed by atoms with E-state index in [1.165, 1.54) is 5.56 Å². The minimum absolute atomic E-state index is 0.199. The van der Waals surface area contributed by atoms with Crippen molar-refractivity contribution in [2.45, 2.75) is 18.4 Å². The van der Waals surface area contributed by atoms with Crippen LogP contribution in [0, 0.1) is 0 Å². The molecule has 1 aliphatic heterocycles. The van der Waals surface area contributed by atoms with Gasteiger partial charge in [-0.05, 0) is 43.3 Å². The van der Waals surface area contributed by atoms with Crippen molar-refractivity contribution in [2.75, 3.05) is 25.9 Å². The largest absolute Gasteiger partial charge is 0.490 e. The van der Waals surface area contributed by atoms with Gasteiger partial charge in [0, 0.05) is 24.7 Å². The molecule has 21 heavy (non-hydrogen) atoms. The van der Waals surface area contributed by atoms with Crippen molar-refractivity contribution in [3.05, 3.63) is 60.2 Å². The van der Waals surface area contributed by atoms with Crippen LogP contribution in [0.5, 0.6) is 5.75 Å². The van der Waals surface area contributed by atoms with E-state index in [1.807, 2.05) is 42.5 Å². The van der Waals surface area contributed by atoms with Crippen molar-refractivity contribution in [1.82, 2.24) is 4.90 Å². The number of nitrogens with zero attached hydrogens (tertiary/aromatic N) is 1. The molecule has 1 aliphatic rings. The monoisotopic (exact) mass is 282 g/mol. The highest BCUT2D eigenvalue weighted by Crippen LogP contribution is 2.31. The summed E-state index contributed by atoms with van der Waals surface area (Å²) in [5.41, 5.74) is 8.03. The molecule has 2 N–H and O–H groups in total. The number of benzene rings is 2. The summed E-state index contributed by atoms with van der Waals surface area (Å²) >= 11 is 0. The van der Waals surface area contributed by atoms with E-state index in [0.717, 1.165) is 30.9 Å². The Kier molecular flexibility index (Phi) is 4.11. The maximum atomic E-state index is 6.24. The standard InChI is InChI=1S/C18H22N2O/c1-20-11-10-18(21-16-8-3-2-4-9-16)17(13-20)14-6-5-7-15(19)12-14/h2-9,12,17-18H,10-11,13,19H2,1H3. The van der Waals surface area contributed by atoms with Gasteiger partial charge < -0.3 is 15.4 Å². The first-order chi connectivity index (χ1) is 10.2. The lowest BCUT2D eigenvalue weighted by Crippen LogP contribution is -2.42. The second kappa shape index (κ2) is 6.19. The van der Waals surface area contributed by atoms with Gasteiger partial charge in [-0.15, -0.1) is 0 Å². The van der Waals surface area contributed by atoms with E-state index in [1.54, 1.807) is 0 Å². The van der Waals surface area contributed by atoms with Crippen molar-refractivity contribution in [1.29, 1.82) is 0 Å². The molecular formula is C18H22N2O. The summed E-state index contributed by atoms with van der Waals surface area (Å²) in [5, 5.41) is 0. The predicted octanol–water partition coefficient (Wildman–Crippen LogP) is 3.14. The van der Waals surface area contributed by atoms with Crippen LogP contribution in [0.1, 0.15) is 17.9 Å². The van der Waals surface area contributed by atoms with Gasteiger partial charge >= 0.3 is 0 Å². The Bertz CT molecular complexity index is 585. The topological polar surface area (TPSA) is 38.5 Å². The van der Waals surface area contributed by atoms with E-state index in [2.05, 4.69) is 24.1 Å². The molecule has 0 radical (unpaired) electrons. The van der Waals surface area contributed by atoms with Crippen molar-refractivity contribution in [3.63, 3.8) is 0 Å². The average Bonchev–Trinajstić information content (AvgIpc) is 2.50. The zero-order valence-electron chi connectivity index (χ0n) is 12.4. The van der Waals surface area contributed by atoms with E-state index in [0.29, 0.717) is 5.92 Å². The zero-order valence-corrected chi connectivity index (χ0v) is 12.4. The molecule has 3 heteroatoms. The van der Waals surface area contributed by atoms with Crippen LogP contribution in [0.15, 0.2) is 54.6 Å². The van der Waals surface area contributed by atoms with Crippen LogP contribution in [-0.2, 0) is 0 Å². The highest BCUT2D eigenvalue weighted by Gasteiger charge is 2.30.